The normalized spacial score (nSPS) is 50.0. The fourth-order valence-electron chi connectivity index (χ4n) is 13.6. The second-order valence-corrected chi connectivity index (χ2v) is 16.7. The summed E-state index contributed by atoms with van der Waals surface area (Å²) in [4.78, 5) is 2.53. The first-order valence-electron chi connectivity index (χ1n) is 19.3. The van der Waals surface area contributed by atoms with Crippen LogP contribution in [0.3, 0.4) is 0 Å². The highest BCUT2D eigenvalue weighted by atomic mass is 16.7. The lowest BCUT2D eigenvalue weighted by Gasteiger charge is -2.63. The molecule has 2 spiro atoms. The van der Waals surface area contributed by atoms with Crippen LogP contribution >= 0.6 is 0 Å². The Bertz CT molecular complexity index is 1060. The van der Waals surface area contributed by atoms with Gasteiger partial charge < -0.3 is 24.1 Å². The quantitative estimate of drug-likeness (QED) is 0.319. The lowest BCUT2D eigenvalue weighted by Crippen LogP contribution is -2.59. The Morgan fingerprint density at radius 2 is 1.52 bits per heavy atom. The molecule has 8 rings (SSSR count). The molecule has 3 aliphatic heterocycles. The van der Waals surface area contributed by atoms with Crippen LogP contribution in [0.1, 0.15) is 120 Å². The van der Waals surface area contributed by atoms with Gasteiger partial charge in [0.2, 0.25) is 0 Å². The van der Waals surface area contributed by atoms with E-state index in [-0.39, 0.29) is 30.5 Å². The second kappa shape index (κ2) is 13.6. The molecular weight excluding hydrogens is 574 g/mol. The van der Waals surface area contributed by atoms with Gasteiger partial charge in [0, 0.05) is 6.54 Å². The second-order valence-electron chi connectivity index (χ2n) is 16.7. The largest absolute Gasteiger partial charge is 0.394 e. The lowest BCUT2D eigenvalue weighted by atomic mass is 9.42. The summed E-state index contributed by atoms with van der Waals surface area (Å²) in [6.45, 7) is 25.6. The van der Waals surface area contributed by atoms with Gasteiger partial charge in [0.1, 0.15) is 0 Å². The molecule has 6 nitrogen and oxygen atoms in total. The molecule has 3 saturated heterocycles. The Morgan fingerprint density at radius 3 is 2.17 bits per heavy atom. The summed E-state index contributed by atoms with van der Waals surface area (Å²) in [7, 11) is 0. The Balaban J connectivity index is 0.000000658. The molecule has 12 atom stereocenters. The highest BCUT2D eigenvalue weighted by Crippen LogP contribution is 2.91. The van der Waals surface area contributed by atoms with E-state index in [1.165, 1.54) is 51.4 Å². The summed E-state index contributed by atoms with van der Waals surface area (Å²) in [5.41, 5.74) is 1.86. The van der Waals surface area contributed by atoms with Crippen LogP contribution in [-0.4, -0.2) is 80.2 Å². The van der Waals surface area contributed by atoms with Gasteiger partial charge >= 0.3 is 0 Å². The summed E-state index contributed by atoms with van der Waals surface area (Å²) in [5, 5.41) is 9.87. The molecule has 46 heavy (non-hydrogen) atoms. The SMILES string of the molecule is C#C.CC.CC.C[C@@H]1C23CC[C@H](OC4CN(C5COC5)CCO4)C(C)(C)C2CC[C@@H]2[C@]13CC[C@]1(C)C3CC[C@H](CO)O[C@@H]3C[C@@]21C. The minimum absolute atomic E-state index is 0.0582. The topological polar surface area (TPSA) is 60.4 Å². The molecule has 1 N–H and O–H groups in total. The summed E-state index contributed by atoms with van der Waals surface area (Å²) in [6, 6.07) is 0.553. The van der Waals surface area contributed by atoms with Crippen molar-refractivity contribution in [3.05, 3.63) is 0 Å². The molecule has 8 aliphatic rings. The van der Waals surface area contributed by atoms with Crippen molar-refractivity contribution in [2.24, 2.45) is 50.7 Å². The number of hydrogen-bond donors (Lipinski definition) is 1. The Kier molecular flexibility index (Phi) is 10.8. The van der Waals surface area contributed by atoms with Crippen molar-refractivity contribution in [1.82, 2.24) is 4.90 Å². The number of aliphatic hydroxyl groups is 1. The predicted octanol–water partition coefficient (Wildman–Crippen LogP) is 7.57. The van der Waals surface area contributed by atoms with Crippen molar-refractivity contribution in [2.75, 3.05) is 39.5 Å². The van der Waals surface area contributed by atoms with Gasteiger partial charge in [-0.3, -0.25) is 4.90 Å². The van der Waals surface area contributed by atoms with Gasteiger partial charge in [-0.25, -0.2) is 0 Å². The number of morpholine rings is 1. The van der Waals surface area contributed by atoms with Crippen LogP contribution in [-0.2, 0) is 18.9 Å². The van der Waals surface area contributed by atoms with Crippen molar-refractivity contribution in [1.29, 1.82) is 0 Å². The zero-order chi connectivity index (χ0) is 33.7. The minimum atomic E-state index is -0.103. The van der Waals surface area contributed by atoms with Gasteiger partial charge in [0.15, 0.2) is 6.29 Å². The summed E-state index contributed by atoms with van der Waals surface area (Å²) in [5.74, 6) is 3.02. The molecule has 8 fully saturated rings. The molecule has 5 aliphatic carbocycles. The van der Waals surface area contributed by atoms with Crippen LogP contribution in [0.2, 0.25) is 0 Å². The van der Waals surface area contributed by atoms with Gasteiger partial charge in [0.05, 0.1) is 57.3 Å². The van der Waals surface area contributed by atoms with E-state index in [2.05, 4.69) is 52.4 Å². The smallest absolute Gasteiger partial charge is 0.170 e. The molecule has 6 heteroatoms. The van der Waals surface area contributed by atoms with Crippen molar-refractivity contribution >= 4 is 0 Å². The number of hydrogen-bond acceptors (Lipinski definition) is 6. The van der Waals surface area contributed by atoms with Crippen molar-refractivity contribution < 1.29 is 24.1 Å². The Morgan fingerprint density at radius 1 is 0.848 bits per heavy atom. The van der Waals surface area contributed by atoms with E-state index in [1.807, 2.05) is 27.7 Å². The van der Waals surface area contributed by atoms with Crippen LogP contribution in [0.25, 0.3) is 0 Å². The van der Waals surface area contributed by atoms with Gasteiger partial charge in [-0.2, -0.15) is 0 Å². The lowest BCUT2D eigenvalue weighted by molar-refractivity contribution is -0.255. The summed E-state index contributed by atoms with van der Waals surface area (Å²) in [6.07, 6.45) is 20.1. The summed E-state index contributed by atoms with van der Waals surface area (Å²) >= 11 is 0. The van der Waals surface area contributed by atoms with Gasteiger partial charge in [-0.1, -0.05) is 62.3 Å². The molecule has 0 amide bonds. The van der Waals surface area contributed by atoms with Crippen LogP contribution < -0.4 is 0 Å². The monoisotopic (exact) mass is 644 g/mol. The third-order valence-electron chi connectivity index (χ3n) is 15.8. The molecule has 3 heterocycles. The average Bonchev–Trinajstić information content (AvgIpc) is 3.48. The van der Waals surface area contributed by atoms with E-state index < -0.39 is 0 Å². The molecule has 0 aromatic rings. The van der Waals surface area contributed by atoms with Crippen LogP contribution in [0.15, 0.2) is 0 Å². The molecule has 264 valence electrons. The predicted molar refractivity (Wildman–Crippen MR) is 185 cm³/mol. The maximum absolute atomic E-state index is 9.87. The molecule has 4 unspecified atom stereocenters. The van der Waals surface area contributed by atoms with E-state index in [0.717, 1.165) is 57.1 Å². The first kappa shape index (κ1) is 36.6. The minimum Gasteiger partial charge on any atom is -0.394 e. The van der Waals surface area contributed by atoms with E-state index in [4.69, 9.17) is 18.9 Å². The number of terminal acetylenes is 1. The Hall–Kier alpha value is -0.680. The average molecular weight is 644 g/mol. The number of nitrogens with zero attached hydrogens (tertiary/aromatic N) is 1. The molecule has 5 saturated carbocycles. The third kappa shape index (κ3) is 4.94. The van der Waals surface area contributed by atoms with Gasteiger partial charge in [-0.05, 0) is 109 Å². The zero-order valence-corrected chi connectivity index (χ0v) is 31.0. The molecule has 0 bridgehead atoms. The first-order valence-corrected chi connectivity index (χ1v) is 19.3. The van der Waals surface area contributed by atoms with Crippen LogP contribution in [0.5, 0.6) is 0 Å². The van der Waals surface area contributed by atoms with Gasteiger partial charge in [-0.15, -0.1) is 12.8 Å². The summed E-state index contributed by atoms with van der Waals surface area (Å²) < 4.78 is 25.2. The van der Waals surface area contributed by atoms with Crippen LogP contribution in [0.4, 0.5) is 0 Å². The molecule has 0 radical (unpaired) electrons. The van der Waals surface area contributed by atoms with E-state index in [9.17, 15) is 5.11 Å². The number of aliphatic hydroxyl groups excluding tert-OH is 1. The maximum atomic E-state index is 9.87. The molecule has 0 aromatic heterocycles. The fraction of sp³-hybridized carbons (Fsp3) is 0.950. The van der Waals surface area contributed by atoms with Crippen molar-refractivity contribution in [3.63, 3.8) is 0 Å². The van der Waals surface area contributed by atoms with E-state index in [1.54, 1.807) is 0 Å². The number of fused-ring (bicyclic) bond motifs is 4. The number of ether oxygens (including phenoxy) is 4. The zero-order valence-electron chi connectivity index (χ0n) is 31.0. The van der Waals surface area contributed by atoms with Crippen molar-refractivity contribution in [2.45, 2.75) is 151 Å². The fourth-order valence-corrected chi connectivity index (χ4v) is 13.6. The third-order valence-corrected chi connectivity index (χ3v) is 15.8. The molecular formula is C40H69NO5. The Labute approximate surface area is 282 Å². The molecule has 0 aromatic carbocycles. The highest BCUT2D eigenvalue weighted by molar-refractivity contribution is 5.34. The van der Waals surface area contributed by atoms with Crippen molar-refractivity contribution in [3.8, 4) is 12.8 Å². The highest BCUT2D eigenvalue weighted by Gasteiger charge is 2.86. The number of rotatable bonds is 4. The first-order chi connectivity index (χ1) is 22.1. The van der Waals surface area contributed by atoms with E-state index >= 15 is 0 Å². The standard InChI is InChI=1S/C34H55NO5.2C2H6.C2H2/c1-21-33-11-10-28(40-29-17-35(14-15-38-29)22-19-37-20-22)30(2,3)26(33)8-9-27-32(5)16-25-24(7-6-23(18-36)39-25)31(32,4)12-13-34(21,27)33;3*1-2/h21-29,36H,6-20H2,1-5H3;2*1-2H3;1-2H/t21-,23-,24?,25-,26?,27+,28+,29?,31-,32+,33?,34+;;;/m1.../s1. The van der Waals surface area contributed by atoms with Gasteiger partial charge in [0.25, 0.3) is 0 Å². The van der Waals surface area contributed by atoms with E-state index in [0.29, 0.717) is 39.7 Å². The van der Waals surface area contributed by atoms with Crippen LogP contribution in [0, 0.1) is 63.6 Å². The maximum Gasteiger partial charge on any atom is 0.170 e.